The Morgan fingerprint density at radius 2 is 2.03 bits per heavy atom. The van der Waals surface area contributed by atoms with Gasteiger partial charge in [-0.05, 0) is 54.6 Å². The van der Waals surface area contributed by atoms with Gasteiger partial charge in [-0.25, -0.2) is 12.7 Å². The molecule has 1 aliphatic carbocycles. The molecule has 1 atom stereocenters. The fourth-order valence-electron chi connectivity index (χ4n) is 3.08. The normalized spacial score (nSPS) is 19.2. The number of sulfonamides is 1. The van der Waals surface area contributed by atoms with Crippen LogP contribution in [0.25, 0.3) is 0 Å². The topological polar surface area (TPSA) is 55.8 Å². The molecule has 1 fully saturated rings. The van der Waals surface area contributed by atoms with E-state index in [-0.39, 0.29) is 28.2 Å². The molecule has 0 saturated carbocycles. The molecule has 1 aliphatic heterocycles. The number of benzene rings is 1. The molecule has 0 aromatic heterocycles. The molecule has 0 spiro atoms. The molecule has 30 heavy (non-hydrogen) atoms. The smallest absolute Gasteiger partial charge is 0.267 e. The van der Waals surface area contributed by atoms with Crippen LogP contribution >= 0.6 is 11.6 Å². The lowest BCUT2D eigenvalue weighted by atomic mass is 10.2. The number of allylic oxidation sites excluding steroid dienone is 2. The van der Waals surface area contributed by atoms with Crippen molar-refractivity contribution in [2.45, 2.75) is 56.8 Å². The van der Waals surface area contributed by atoms with Crippen LogP contribution in [0.1, 0.15) is 26.3 Å². The number of fused-ring (bicyclic) bond motifs is 1. The van der Waals surface area contributed by atoms with Gasteiger partial charge in [0, 0.05) is 0 Å². The van der Waals surface area contributed by atoms with Crippen LogP contribution in [0.2, 0.25) is 23.2 Å². The molecule has 1 aromatic carbocycles. The second-order valence-electron chi connectivity index (χ2n) is 9.04. The van der Waals surface area contributed by atoms with Gasteiger partial charge in [0.05, 0.1) is 11.6 Å². The van der Waals surface area contributed by atoms with Crippen molar-refractivity contribution in [1.82, 2.24) is 4.31 Å². The van der Waals surface area contributed by atoms with Crippen molar-refractivity contribution in [2.75, 3.05) is 13.2 Å². The molecule has 2 aliphatic rings. The third-order valence-electron chi connectivity index (χ3n) is 5.85. The van der Waals surface area contributed by atoms with Crippen molar-refractivity contribution >= 4 is 29.9 Å². The third-order valence-corrected chi connectivity index (χ3v) is 12.8. The predicted octanol–water partition coefficient (Wildman–Crippen LogP) is 5.15. The molecule has 1 unspecified atom stereocenters. The van der Waals surface area contributed by atoms with Gasteiger partial charge in [-0.15, -0.1) is 0 Å². The van der Waals surface area contributed by atoms with Gasteiger partial charge in [0.15, 0.2) is 14.1 Å². The Morgan fingerprint density at radius 1 is 1.33 bits per heavy atom. The van der Waals surface area contributed by atoms with E-state index in [1.807, 2.05) is 0 Å². The fraction of sp³-hybridized carbons (Fsp3) is 0.455. The van der Waals surface area contributed by atoms with Crippen LogP contribution in [-0.4, -0.2) is 40.3 Å². The number of morpholine rings is 1. The maximum Gasteiger partial charge on any atom is 0.267 e. The van der Waals surface area contributed by atoms with Gasteiger partial charge < -0.3 is 9.16 Å². The first-order chi connectivity index (χ1) is 13.9. The van der Waals surface area contributed by atoms with Gasteiger partial charge in [-0.2, -0.15) is 0 Å². The summed E-state index contributed by atoms with van der Waals surface area (Å²) in [4.78, 5) is 0.0918. The summed E-state index contributed by atoms with van der Waals surface area (Å²) in [5, 5.41) is 0.190. The number of hydrogen-bond acceptors (Lipinski definition) is 4. The van der Waals surface area contributed by atoms with Crippen LogP contribution < -0.4 is 0 Å². The van der Waals surface area contributed by atoms with Crippen molar-refractivity contribution in [2.24, 2.45) is 0 Å². The van der Waals surface area contributed by atoms with E-state index in [1.165, 1.54) is 4.31 Å². The molecule has 8 heteroatoms. The lowest BCUT2D eigenvalue weighted by molar-refractivity contribution is 0.0814. The molecule has 162 valence electrons. The molecule has 0 radical (unpaired) electrons. The molecule has 5 nitrogen and oxygen atoms in total. The second kappa shape index (κ2) is 8.08. The molecule has 1 heterocycles. The monoisotopic (exact) mass is 465 g/mol. The van der Waals surface area contributed by atoms with E-state index < -0.39 is 24.4 Å². The van der Waals surface area contributed by atoms with Crippen LogP contribution in [-0.2, 0) is 19.2 Å². The summed E-state index contributed by atoms with van der Waals surface area (Å²) < 4.78 is 41.2. The zero-order valence-corrected chi connectivity index (χ0v) is 20.8. The maximum absolute atomic E-state index is 13.8. The number of aryl methyl sites for hydroxylation is 1. The van der Waals surface area contributed by atoms with E-state index in [4.69, 9.17) is 20.8 Å². The first-order valence-corrected chi connectivity index (χ1v) is 14.6. The van der Waals surface area contributed by atoms with Crippen LogP contribution in [0.5, 0.6) is 0 Å². The Hall–Kier alpha value is -1.72. The number of rotatable bonds is 5. The SMILES string of the molecule is Cc1cccc(Cl)c1S(=O)(=O)N1C2=C=C=CC=C2OCC1CO[Si](C)(C)C(C)(C)C. The van der Waals surface area contributed by atoms with Crippen LogP contribution in [0.3, 0.4) is 0 Å². The number of nitrogens with zero attached hydrogens (tertiary/aromatic N) is 1. The van der Waals surface area contributed by atoms with Crippen molar-refractivity contribution in [3.05, 3.63) is 63.9 Å². The van der Waals surface area contributed by atoms with E-state index in [1.54, 1.807) is 37.3 Å². The maximum atomic E-state index is 13.8. The fourth-order valence-corrected chi connectivity index (χ4v) is 6.51. The van der Waals surface area contributed by atoms with Crippen molar-refractivity contribution in [3.8, 4) is 0 Å². The first kappa shape index (κ1) is 23.0. The molecular weight excluding hydrogens is 438 g/mol. The van der Waals surface area contributed by atoms with E-state index >= 15 is 0 Å². The van der Waals surface area contributed by atoms with Gasteiger partial charge >= 0.3 is 0 Å². The van der Waals surface area contributed by atoms with E-state index in [0.717, 1.165) is 0 Å². The average molecular weight is 466 g/mol. The quantitative estimate of drug-likeness (QED) is 0.445. The highest BCUT2D eigenvalue weighted by molar-refractivity contribution is 7.89. The summed E-state index contributed by atoms with van der Waals surface area (Å²) in [6.45, 7) is 12.9. The number of halogens is 1. The Balaban J connectivity index is 2.07. The minimum atomic E-state index is -3.98. The second-order valence-corrected chi connectivity index (χ2v) is 16.0. The summed E-state index contributed by atoms with van der Waals surface area (Å²) in [5.41, 5.74) is 6.67. The molecule has 0 amide bonds. The zero-order chi connectivity index (χ0) is 22.3. The van der Waals surface area contributed by atoms with Crippen molar-refractivity contribution in [3.63, 3.8) is 0 Å². The van der Waals surface area contributed by atoms with Crippen LogP contribution in [0.15, 0.2) is 58.2 Å². The summed E-state index contributed by atoms with van der Waals surface area (Å²) in [6, 6.07) is 4.52. The number of ether oxygens (including phenoxy) is 1. The van der Waals surface area contributed by atoms with Crippen LogP contribution in [0.4, 0.5) is 0 Å². The van der Waals surface area contributed by atoms with Gasteiger partial charge in [-0.3, -0.25) is 0 Å². The summed E-state index contributed by atoms with van der Waals surface area (Å²) >= 11 is 6.34. The van der Waals surface area contributed by atoms with Crippen LogP contribution in [0, 0.1) is 6.92 Å². The Kier molecular flexibility index (Phi) is 6.18. The molecule has 1 saturated heterocycles. The van der Waals surface area contributed by atoms with E-state index in [0.29, 0.717) is 17.0 Å². The lowest BCUT2D eigenvalue weighted by Crippen LogP contribution is -2.51. The predicted molar refractivity (Wildman–Crippen MR) is 121 cm³/mol. The van der Waals surface area contributed by atoms with Gasteiger partial charge in [0.2, 0.25) is 0 Å². The van der Waals surface area contributed by atoms with Crippen molar-refractivity contribution in [1.29, 1.82) is 0 Å². The lowest BCUT2D eigenvalue weighted by Gasteiger charge is -2.42. The molecule has 1 aromatic rings. The molecule has 0 bridgehead atoms. The van der Waals surface area contributed by atoms with Gasteiger partial charge in [-0.1, -0.05) is 50.2 Å². The standard InChI is InChI=1S/C22H28ClNO4SSi/c1-16-10-9-11-18(23)21(16)29(25,26)24-17(15-28-30(5,6)22(2,3)4)14-27-20-13-8-7-12-19(20)24/h8-11,13,17H,14-15H2,1-6H3. The highest BCUT2D eigenvalue weighted by Gasteiger charge is 2.43. The van der Waals surface area contributed by atoms with E-state index in [9.17, 15) is 8.42 Å². The Bertz CT molecular complexity index is 1070. The van der Waals surface area contributed by atoms with Gasteiger partial charge in [0.1, 0.15) is 23.2 Å². The zero-order valence-electron chi connectivity index (χ0n) is 18.2. The van der Waals surface area contributed by atoms with Crippen molar-refractivity contribution < 1.29 is 17.6 Å². The van der Waals surface area contributed by atoms with Gasteiger partial charge in [0.25, 0.3) is 10.0 Å². The average Bonchev–Trinajstić information content (AvgIpc) is 2.64. The molecule has 0 N–H and O–H groups in total. The number of hydrogen-bond donors (Lipinski definition) is 0. The highest BCUT2D eigenvalue weighted by Crippen LogP contribution is 2.39. The summed E-state index contributed by atoms with van der Waals surface area (Å²) in [5.74, 6) is 0.450. The summed E-state index contributed by atoms with van der Waals surface area (Å²) in [6.07, 6.45) is 3.34. The minimum Gasteiger partial charge on any atom is -0.488 e. The van der Waals surface area contributed by atoms with E-state index in [2.05, 4.69) is 45.3 Å². The highest BCUT2D eigenvalue weighted by atomic mass is 35.5. The molecular formula is C22H28ClNO4SSi. The minimum absolute atomic E-state index is 0.00334. The first-order valence-electron chi connectivity index (χ1n) is 9.85. The summed E-state index contributed by atoms with van der Waals surface area (Å²) in [7, 11) is -6.07. The third kappa shape index (κ3) is 4.19. The Labute approximate surface area is 185 Å². The Morgan fingerprint density at radius 3 is 2.67 bits per heavy atom. The molecule has 3 rings (SSSR count). The largest absolute Gasteiger partial charge is 0.488 e.